The van der Waals surface area contributed by atoms with Crippen LogP contribution in [0.4, 0.5) is 10.1 Å². The van der Waals surface area contributed by atoms with E-state index in [1.54, 1.807) is 0 Å². The highest BCUT2D eigenvalue weighted by atomic mass is 35.5. The van der Waals surface area contributed by atoms with Crippen LogP contribution < -0.4 is 21.6 Å². The maximum absolute atomic E-state index is 15.0. The number of aromatic amines is 1. The summed E-state index contributed by atoms with van der Waals surface area (Å²) in [7, 11) is 0. The molecule has 142 valence electrons. The van der Waals surface area contributed by atoms with E-state index < -0.39 is 16.8 Å². The molecule has 1 aromatic carbocycles. The average molecular weight is 409 g/mol. The molecule has 1 saturated heterocycles. The molecule has 0 spiro atoms. The minimum absolute atomic E-state index is 0.0563. The van der Waals surface area contributed by atoms with E-state index >= 15 is 4.39 Å². The number of hydrogen-bond donors (Lipinski definition) is 2. The molecule has 3 heterocycles. The van der Waals surface area contributed by atoms with Gasteiger partial charge < -0.3 is 15.2 Å². The Morgan fingerprint density at radius 1 is 1.33 bits per heavy atom. The largest absolute Gasteiger partial charge is 0.366 e. The molecular formula is C18H18ClFN4O2S. The van der Waals surface area contributed by atoms with Gasteiger partial charge in [0.1, 0.15) is 16.0 Å². The van der Waals surface area contributed by atoms with Crippen molar-refractivity contribution in [2.75, 3.05) is 18.0 Å². The summed E-state index contributed by atoms with van der Waals surface area (Å²) < 4.78 is 19.6. The minimum atomic E-state index is -0.556. The number of nitrogens with zero attached hydrogens (tertiary/aromatic N) is 2. The van der Waals surface area contributed by atoms with Crippen LogP contribution in [0.5, 0.6) is 0 Å². The van der Waals surface area contributed by atoms with Gasteiger partial charge in [-0.15, -0.1) is 0 Å². The topological polar surface area (TPSA) is 84.1 Å². The van der Waals surface area contributed by atoms with E-state index in [0.717, 1.165) is 24.4 Å². The van der Waals surface area contributed by atoms with Gasteiger partial charge in [-0.05, 0) is 36.4 Å². The molecule has 0 radical (unpaired) electrons. The molecule has 0 bridgehead atoms. The first-order chi connectivity index (χ1) is 12.9. The molecule has 1 aliphatic heterocycles. The van der Waals surface area contributed by atoms with E-state index in [9.17, 15) is 9.59 Å². The number of nitrogens with two attached hydrogens (primary N) is 1. The van der Waals surface area contributed by atoms with Gasteiger partial charge in [0.15, 0.2) is 0 Å². The van der Waals surface area contributed by atoms with Gasteiger partial charge in [0.25, 0.3) is 5.56 Å². The van der Waals surface area contributed by atoms with Crippen LogP contribution in [-0.2, 0) is 0 Å². The highest BCUT2D eigenvalue weighted by Crippen LogP contribution is 2.44. The molecule has 3 aromatic rings. The number of rotatable bonds is 2. The highest BCUT2D eigenvalue weighted by molar-refractivity contribution is 7.12. The van der Waals surface area contributed by atoms with Crippen molar-refractivity contribution in [2.45, 2.75) is 31.8 Å². The zero-order chi connectivity index (χ0) is 19.0. The number of aromatic nitrogens is 2. The van der Waals surface area contributed by atoms with Crippen LogP contribution in [0.1, 0.15) is 25.8 Å². The maximum atomic E-state index is 15.0. The molecule has 2 aromatic heterocycles. The van der Waals surface area contributed by atoms with Crippen LogP contribution in [0.15, 0.2) is 15.7 Å². The van der Waals surface area contributed by atoms with Gasteiger partial charge in [0.2, 0.25) is 5.43 Å². The van der Waals surface area contributed by atoms with Crippen molar-refractivity contribution in [1.29, 1.82) is 0 Å². The van der Waals surface area contributed by atoms with Crippen molar-refractivity contribution in [3.05, 3.63) is 37.5 Å². The van der Waals surface area contributed by atoms with Gasteiger partial charge in [0, 0.05) is 25.2 Å². The van der Waals surface area contributed by atoms with Crippen molar-refractivity contribution in [2.24, 2.45) is 11.7 Å². The Labute approximate surface area is 162 Å². The number of hydrogen-bond acceptors (Lipinski definition) is 5. The van der Waals surface area contributed by atoms with E-state index in [0.29, 0.717) is 29.1 Å². The minimum Gasteiger partial charge on any atom is -0.366 e. The second-order valence-electron chi connectivity index (χ2n) is 7.61. The van der Waals surface area contributed by atoms with E-state index in [1.807, 2.05) is 16.4 Å². The predicted octanol–water partition coefficient (Wildman–Crippen LogP) is 2.82. The van der Waals surface area contributed by atoms with Crippen LogP contribution in [0, 0.1) is 11.7 Å². The Morgan fingerprint density at radius 2 is 2.07 bits per heavy atom. The molecule has 3 N–H and O–H groups in total. The van der Waals surface area contributed by atoms with E-state index in [-0.39, 0.29) is 33.8 Å². The summed E-state index contributed by atoms with van der Waals surface area (Å²) in [6.07, 6.45) is 1.88. The molecule has 0 amide bonds. The summed E-state index contributed by atoms with van der Waals surface area (Å²) in [5, 5.41) is 0.457. The fraction of sp³-hybridized carbons (Fsp3) is 0.444. The van der Waals surface area contributed by atoms with Gasteiger partial charge in [-0.25, -0.2) is 4.39 Å². The molecule has 1 aliphatic carbocycles. The molecule has 5 rings (SSSR count). The lowest BCUT2D eigenvalue weighted by Gasteiger charge is -2.23. The summed E-state index contributed by atoms with van der Waals surface area (Å²) in [6, 6.07) is 1.33. The zero-order valence-corrected chi connectivity index (χ0v) is 16.2. The number of nitrogens with one attached hydrogen (secondary N) is 1. The van der Waals surface area contributed by atoms with Crippen molar-refractivity contribution < 1.29 is 4.39 Å². The first kappa shape index (κ1) is 17.2. The molecule has 2 fully saturated rings. The van der Waals surface area contributed by atoms with Crippen molar-refractivity contribution in [1.82, 2.24) is 8.94 Å². The number of anilines is 1. The number of H-pyrrole nitrogens is 1. The molecule has 6 nitrogen and oxygen atoms in total. The quantitative estimate of drug-likeness (QED) is 0.683. The lowest BCUT2D eigenvalue weighted by molar-refractivity contribution is 0.565. The summed E-state index contributed by atoms with van der Waals surface area (Å²) in [5.41, 5.74) is 6.00. The fourth-order valence-corrected chi connectivity index (χ4v) is 5.37. The summed E-state index contributed by atoms with van der Waals surface area (Å²) >= 11 is 7.84. The van der Waals surface area contributed by atoms with Crippen molar-refractivity contribution >= 4 is 49.9 Å². The normalized spacial score (nSPS) is 23.0. The summed E-state index contributed by atoms with van der Waals surface area (Å²) in [5.74, 6) is -0.335. The molecular weight excluding hydrogens is 391 g/mol. The van der Waals surface area contributed by atoms with Gasteiger partial charge in [-0.2, -0.15) is 0 Å². The molecule has 2 aliphatic rings. The summed E-state index contributed by atoms with van der Waals surface area (Å²) in [6.45, 7) is 3.14. The number of fused-ring (bicyclic) bond motifs is 2. The Morgan fingerprint density at radius 3 is 2.70 bits per heavy atom. The highest BCUT2D eigenvalue weighted by Gasteiger charge is 2.34. The third-order valence-electron chi connectivity index (χ3n) is 5.68. The van der Waals surface area contributed by atoms with Gasteiger partial charge >= 0.3 is 0 Å². The second-order valence-corrected chi connectivity index (χ2v) is 8.78. The first-order valence-corrected chi connectivity index (χ1v) is 10.2. The smallest absolute Gasteiger partial charge is 0.271 e. The fourth-order valence-electron chi connectivity index (χ4n) is 4.05. The predicted molar refractivity (Wildman–Crippen MR) is 107 cm³/mol. The Kier molecular flexibility index (Phi) is 3.70. The van der Waals surface area contributed by atoms with Crippen molar-refractivity contribution in [3.63, 3.8) is 0 Å². The van der Waals surface area contributed by atoms with Crippen LogP contribution in [0.2, 0.25) is 5.02 Å². The Hall–Kier alpha value is -1.90. The standard InChI is InChI=1S/C18H18ClFN4O2S/c1-7-5-23(6-11(7)21)15-10(20)4-9-14(13(15)19)24(8-2-3-8)18-12(16(9)25)17(26)22-27-18/h4,7-8,11H,2-3,5-6,21H2,1H3,(H,22,26). The number of benzene rings is 1. The second kappa shape index (κ2) is 5.80. The first-order valence-electron chi connectivity index (χ1n) is 8.96. The molecule has 9 heteroatoms. The molecule has 2 unspecified atom stereocenters. The van der Waals surface area contributed by atoms with Gasteiger partial charge in [0.05, 0.1) is 21.6 Å². The third-order valence-corrected chi connectivity index (χ3v) is 6.92. The van der Waals surface area contributed by atoms with Crippen LogP contribution in [0.3, 0.4) is 0 Å². The van der Waals surface area contributed by atoms with Gasteiger partial charge in [-0.3, -0.25) is 14.0 Å². The third kappa shape index (κ3) is 2.40. The zero-order valence-electron chi connectivity index (χ0n) is 14.6. The molecule has 1 saturated carbocycles. The molecule has 2 atom stereocenters. The lowest BCUT2D eigenvalue weighted by Crippen LogP contribution is -2.29. The van der Waals surface area contributed by atoms with Crippen LogP contribution in [-0.4, -0.2) is 28.1 Å². The van der Waals surface area contributed by atoms with Crippen LogP contribution in [0.25, 0.3) is 21.1 Å². The number of pyridine rings is 1. The number of halogens is 2. The SMILES string of the molecule is CC1CN(c2c(F)cc3c(=O)c4c(=O)[nH]sc4n(C4CC4)c3c2Cl)CC1N. The monoisotopic (exact) mass is 408 g/mol. The van der Waals surface area contributed by atoms with E-state index in [2.05, 4.69) is 4.37 Å². The maximum Gasteiger partial charge on any atom is 0.271 e. The average Bonchev–Trinajstić information content (AvgIpc) is 3.30. The Bertz CT molecular complexity index is 1200. The lowest BCUT2D eigenvalue weighted by atomic mass is 10.1. The summed E-state index contributed by atoms with van der Waals surface area (Å²) in [4.78, 5) is 27.5. The van der Waals surface area contributed by atoms with E-state index in [1.165, 1.54) is 6.07 Å². The van der Waals surface area contributed by atoms with E-state index in [4.69, 9.17) is 17.3 Å². The van der Waals surface area contributed by atoms with Crippen LogP contribution >= 0.6 is 23.1 Å². The molecule has 27 heavy (non-hydrogen) atoms. The Balaban J connectivity index is 1.89. The van der Waals surface area contributed by atoms with Crippen molar-refractivity contribution in [3.8, 4) is 0 Å². The van der Waals surface area contributed by atoms with Gasteiger partial charge in [-0.1, -0.05) is 18.5 Å².